The Morgan fingerprint density at radius 1 is 1.07 bits per heavy atom. The molecule has 0 spiro atoms. The average Bonchev–Trinajstić information content (AvgIpc) is 3.83. The first-order valence-electron chi connectivity index (χ1n) is 15.1. The Bertz CT molecular complexity index is 1380. The number of carbonyl (C=O) groups is 4. The van der Waals surface area contributed by atoms with Gasteiger partial charge in [0.1, 0.15) is 17.8 Å². The van der Waals surface area contributed by atoms with Crippen LogP contribution in [0, 0.1) is 29.1 Å². The molecule has 1 aromatic heterocycles. The van der Waals surface area contributed by atoms with E-state index in [1.807, 2.05) is 18.2 Å². The molecule has 2 aromatic rings. The quantitative estimate of drug-likeness (QED) is 0.390. The lowest BCUT2D eigenvalue weighted by atomic mass is 9.95. The molecule has 4 fully saturated rings. The largest absolute Gasteiger partial charge is 0.381 e. The maximum Gasteiger partial charge on any atom is 0.246 e. The molecule has 6 rings (SSSR count). The number of fused-ring (bicyclic) bond motifs is 2. The van der Waals surface area contributed by atoms with Crippen molar-refractivity contribution in [1.82, 2.24) is 25.7 Å². The highest BCUT2D eigenvalue weighted by atomic mass is 16.5. The number of benzene rings is 1. The number of nitrogens with zero attached hydrogens (tertiary/aromatic N) is 3. The first-order valence-corrected chi connectivity index (χ1v) is 15.1. The fourth-order valence-electron chi connectivity index (χ4n) is 7.15. The van der Waals surface area contributed by atoms with Crippen LogP contribution in [0.5, 0.6) is 0 Å². The Morgan fingerprint density at radius 3 is 2.52 bits per heavy atom. The van der Waals surface area contributed by atoms with E-state index in [9.17, 15) is 19.2 Å². The molecule has 3 heterocycles. The lowest BCUT2D eigenvalue weighted by Gasteiger charge is -2.34. The van der Waals surface area contributed by atoms with Crippen LogP contribution in [0.2, 0.25) is 0 Å². The Balaban J connectivity index is 1.22. The van der Waals surface area contributed by atoms with Gasteiger partial charge < -0.3 is 26.0 Å². The molecule has 11 heteroatoms. The lowest BCUT2D eigenvalue weighted by molar-refractivity contribution is -0.144. The topological polar surface area (TPSA) is 157 Å². The summed E-state index contributed by atoms with van der Waals surface area (Å²) in [4.78, 5) is 55.4. The second kappa shape index (κ2) is 11.2. The summed E-state index contributed by atoms with van der Waals surface area (Å²) in [6.45, 7) is 5.94. The molecule has 5 atom stereocenters. The minimum absolute atomic E-state index is 0.0620. The molecule has 42 heavy (non-hydrogen) atoms. The molecule has 1 aromatic carbocycles. The summed E-state index contributed by atoms with van der Waals surface area (Å²) in [6, 6.07) is 4.64. The van der Waals surface area contributed by atoms with Crippen LogP contribution in [-0.2, 0) is 23.9 Å². The van der Waals surface area contributed by atoms with E-state index in [2.05, 4.69) is 34.7 Å². The van der Waals surface area contributed by atoms with E-state index < -0.39 is 29.9 Å². The maximum absolute atomic E-state index is 14.1. The van der Waals surface area contributed by atoms with Gasteiger partial charge in [-0.1, -0.05) is 51.0 Å². The summed E-state index contributed by atoms with van der Waals surface area (Å²) in [5.41, 5.74) is 5.92. The predicted octanol–water partition coefficient (Wildman–Crippen LogP) is 1.86. The van der Waals surface area contributed by atoms with E-state index in [1.54, 1.807) is 17.2 Å². The molecule has 4 aliphatic rings. The number of piperidine rings is 1. The fraction of sp³-hybridized carbons (Fsp3) is 0.613. The molecule has 4 N–H and O–H groups in total. The number of carbonyl (C=O) groups excluding carboxylic acids is 4. The number of likely N-dealkylation sites (tertiary alicyclic amines) is 1. The zero-order valence-corrected chi connectivity index (χ0v) is 24.3. The second-order valence-corrected chi connectivity index (χ2v) is 13.1. The van der Waals surface area contributed by atoms with Crippen molar-refractivity contribution in [3.05, 3.63) is 36.2 Å². The van der Waals surface area contributed by atoms with Gasteiger partial charge in [0.05, 0.1) is 6.20 Å². The van der Waals surface area contributed by atoms with Gasteiger partial charge >= 0.3 is 0 Å². The molecule has 0 bridgehead atoms. The fourth-order valence-corrected chi connectivity index (χ4v) is 7.15. The minimum atomic E-state index is -1.21. The Kier molecular flexibility index (Phi) is 7.63. The van der Waals surface area contributed by atoms with Gasteiger partial charge in [0.15, 0.2) is 6.04 Å². The molecule has 2 aliphatic heterocycles. The van der Waals surface area contributed by atoms with Crippen LogP contribution >= 0.6 is 0 Å². The second-order valence-electron chi connectivity index (χ2n) is 13.1. The number of nitrogens with two attached hydrogens (primary N) is 1. The molecule has 2 aliphatic carbocycles. The van der Waals surface area contributed by atoms with Crippen LogP contribution in [0.1, 0.15) is 64.1 Å². The summed E-state index contributed by atoms with van der Waals surface area (Å²) in [5, 5.41) is 15.5. The molecule has 11 nitrogen and oxygen atoms in total. The number of hydrogen-bond acceptors (Lipinski definition) is 7. The standard InChI is InChI=1S/C31H40N6O5/c1-31(2)21-16-37(30(41)22(13-17-7-8-17)34-23(38)14-18-9-11-42-12-10-18)27(24(21)31)29(40)35-26(28(32)39)25-20-6-4-3-5-19(20)15-33-36-25/h3-6,15,17-18,21-22,24,26-27H,7-14,16H2,1-2H3,(H2,32,39)(H,34,38)(H,35,40)/t21-,22-,24-,26?,27-/m0/s1. The van der Waals surface area contributed by atoms with E-state index in [0.29, 0.717) is 43.9 Å². The molecule has 0 radical (unpaired) electrons. The van der Waals surface area contributed by atoms with Crippen LogP contribution < -0.4 is 16.4 Å². The molecule has 4 amide bonds. The van der Waals surface area contributed by atoms with Crippen molar-refractivity contribution in [1.29, 1.82) is 0 Å². The smallest absolute Gasteiger partial charge is 0.246 e. The number of nitrogens with one attached hydrogen (secondary N) is 2. The highest BCUT2D eigenvalue weighted by molar-refractivity contribution is 5.97. The third kappa shape index (κ3) is 5.58. The molecule has 224 valence electrons. The number of rotatable bonds is 10. The first kappa shape index (κ1) is 28.5. The van der Waals surface area contributed by atoms with Crippen LogP contribution in [0.3, 0.4) is 0 Å². The van der Waals surface area contributed by atoms with Gasteiger partial charge in [0.25, 0.3) is 0 Å². The van der Waals surface area contributed by atoms with Crippen molar-refractivity contribution in [2.75, 3.05) is 19.8 Å². The van der Waals surface area contributed by atoms with Crippen LogP contribution in [0.15, 0.2) is 30.5 Å². The van der Waals surface area contributed by atoms with E-state index in [0.717, 1.165) is 31.1 Å². The van der Waals surface area contributed by atoms with Crippen molar-refractivity contribution in [2.24, 2.45) is 34.8 Å². The van der Waals surface area contributed by atoms with Crippen molar-refractivity contribution < 1.29 is 23.9 Å². The average molecular weight is 577 g/mol. The summed E-state index contributed by atoms with van der Waals surface area (Å²) in [6.07, 6.45) is 6.27. The Labute approximate surface area is 245 Å². The number of amides is 4. The zero-order chi connectivity index (χ0) is 29.6. The van der Waals surface area contributed by atoms with E-state index in [4.69, 9.17) is 10.5 Å². The van der Waals surface area contributed by atoms with Crippen LogP contribution in [-0.4, -0.2) is 70.6 Å². The molecular formula is C31H40N6O5. The zero-order valence-electron chi connectivity index (χ0n) is 24.3. The van der Waals surface area contributed by atoms with Crippen LogP contribution in [0.25, 0.3) is 10.8 Å². The molecule has 2 saturated heterocycles. The maximum atomic E-state index is 14.1. The van der Waals surface area contributed by atoms with Gasteiger partial charge in [0, 0.05) is 37.0 Å². The highest BCUT2D eigenvalue weighted by Crippen LogP contribution is 2.65. The molecule has 2 saturated carbocycles. The SMILES string of the molecule is CC1(C)[C@@H]2[C@@H](C(=O)NC(C(N)=O)c3nncc4ccccc34)N(C(=O)[C@H](CC3CC3)NC(=O)CC3CCOCC3)C[C@@H]21. The minimum Gasteiger partial charge on any atom is -0.381 e. The normalized spacial score (nSPS) is 26.2. The predicted molar refractivity (Wildman–Crippen MR) is 153 cm³/mol. The van der Waals surface area contributed by atoms with Crippen molar-refractivity contribution >= 4 is 34.4 Å². The van der Waals surface area contributed by atoms with Gasteiger partial charge in [-0.25, -0.2) is 0 Å². The Hall–Kier alpha value is -3.60. The van der Waals surface area contributed by atoms with Crippen molar-refractivity contribution in [2.45, 2.75) is 70.5 Å². The number of primary amides is 1. The van der Waals surface area contributed by atoms with Crippen molar-refractivity contribution in [3.8, 4) is 0 Å². The highest BCUT2D eigenvalue weighted by Gasteiger charge is 2.69. The van der Waals surface area contributed by atoms with Gasteiger partial charge in [0.2, 0.25) is 23.6 Å². The van der Waals surface area contributed by atoms with Crippen LogP contribution in [0.4, 0.5) is 0 Å². The first-order chi connectivity index (χ1) is 20.1. The third-order valence-corrected chi connectivity index (χ3v) is 9.92. The molecule has 1 unspecified atom stereocenters. The monoisotopic (exact) mass is 576 g/mol. The number of aromatic nitrogens is 2. The summed E-state index contributed by atoms with van der Waals surface area (Å²) in [5.74, 6) is -0.832. The summed E-state index contributed by atoms with van der Waals surface area (Å²) < 4.78 is 5.42. The summed E-state index contributed by atoms with van der Waals surface area (Å²) >= 11 is 0. The van der Waals surface area contributed by atoms with Crippen molar-refractivity contribution in [3.63, 3.8) is 0 Å². The third-order valence-electron chi connectivity index (χ3n) is 9.92. The van der Waals surface area contributed by atoms with Gasteiger partial charge in [-0.2, -0.15) is 10.2 Å². The van der Waals surface area contributed by atoms with Gasteiger partial charge in [-0.3, -0.25) is 19.2 Å². The van der Waals surface area contributed by atoms with E-state index >= 15 is 0 Å². The van der Waals surface area contributed by atoms with Gasteiger partial charge in [-0.15, -0.1) is 0 Å². The molecular weight excluding hydrogens is 536 g/mol. The number of hydrogen-bond donors (Lipinski definition) is 3. The van der Waals surface area contributed by atoms with E-state index in [1.165, 1.54) is 0 Å². The Morgan fingerprint density at radius 2 is 1.81 bits per heavy atom. The van der Waals surface area contributed by atoms with Gasteiger partial charge in [-0.05, 0) is 48.3 Å². The lowest BCUT2D eigenvalue weighted by Crippen LogP contribution is -2.57. The van der Waals surface area contributed by atoms with E-state index in [-0.39, 0.29) is 40.7 Å². The summed E-state index contributed by atoms with van der Waals surface area (Å²) in [7, 11) is 0. The number of ether oxygens (including phenoxy) is 1.